The average Bonchev–Trinajstić information content (AvgIpc) is 3.19. The number of fused-ring (bicyclic) bond motifs is 9. The highest BCUT2D eigenvalue weighted by molar-refractivity contribution is 5.93. The summed E-state index contributed by atoms with van der Waals surface area (Å²) < 4.78 is 0. The summed E-state index contributed by atoms with van der Waals surface area (Å²) in [5.74, 6) is 2.75. The molecule has 0 saturated heterocycles. The monoisotopic (exact) mass is 465 g/mol. The van der Waals surface area contributed by atoms with E-state index in [0.717, 1.165) is 17.8 Å². The SMILES string of the molecule is c1ccc2c(c1)-c1ccccc1C21c2ccccc2N(C23CC4CC(CC(C4)C2)C3)c2ccccc21. The van der Waals surface area contributed by atoms with E-state index >= 15 is 0 Å². The Hall–Kier alpha value is -3.32. The summed E-state index contributed by atoms with van der Waals surface area (Å²) >= 11 is 0. The van der Waals surface area contributed by atoms with E-state index in [4.69, 9.17) is 0 Å². The van der Waals surface area contributed by atoms with Crippen molar-refractivity contribution in [2.75, 3.05) is 4.90 Å². The third kappa shape index (κ3) is 2.25. The van der Waals surface area contributed by atoms with Crippen LogP contribution in [-0.2, 0) is 5.41 Å². The second-order valence-electron chi connectivity index (χ2n) is 12.4. The molecule has 4 bridgehead atoms. The Labute approximate surface area is 213 Å². The smallest absolute Gasteiger partial charge is 0.0754 e. The van der Waals surface area contributed by atoms with E-state index in [0.29, 0.717) is 0 Å². The molecule has 0 amide bonds. The van der Waals surface area contributed by atoms with Gasteiger partial charge in [-0.2, -0.15) is 0 Å². The van der Waals surface area contributed by atoms with Gasteiger partial charge in [0.05, 0.1) is 5.41 Å². The summed E-state index contributed by atoms with van der Waals surface area (Å²) in [6.07, 6.45) is 8.51. The number of benzene rings is 4. The second kappa shape index (κ2) is 6.71. The van der Waals surface area contributed by atoms with Gasteiger partial charge in [0.2, 0.25) is 0 Å². The molecule has 176 valence electrons. The van der Waals surface area contributed by atoms with Gasteiger partial charge < -0.3 is 4.90 Å². The number of anilines is 2. The highest BCUT2D eigenvalue weighted by atomic mass is 15.2. The second-order valence-corrected chi connectivity index (χ2v) is 12.4. The fraction of sp³-hybridized carbons (Fsp3) is 0.314. The van der Waals surface area contributed by atoms with E-state index in [-0.39, 0.29) is 11.0 Å². The van der Waals surface area contributed by atoms with Gasteiger partial charge in [0, 0.05) is 16.9 Å². The van der Waals surface area contributed by atoms with E-state index < -0.39 is 0 Å². The van der Waals surface area contributed by atoms with Crippen molar-refractivity contribution in [1.29, 1.82) is 0 Å². The quantitative estimate of drug-likeness (QED) is 0.240. The fourth-order valence-electron chi connectivity index (χ4n) is 9.91. The minimum atomic E-state index is -0.265. The Bertz CT molecular complexity index is 1410. The standard InChI is InChI=1S/C35H31N/c1-3-11-28-26(9-1)27-10-2-4-12-29(27)35(28)30-13-5-7-15-32(30)36(33-16-8-6-14-31(33)35)34-20-23-17-24(21-34)19-25(18-23)22-34/h1-16,23-25H,17-22H2. The summed E-state index contributed by atoms with van der Waals surface area (Å²) in [4.78, 5) is 2.87. The number of hydrogen-bond acceptors (Lipinski definition) is 1. The lowest BCUT2D eigenvalue weighted by molar-refractivity contribution is 0.000206. The lowest BCUT2D eigenvalue weighted by Gasteiger charge is -2.63. The van der Waals surface area contributed by atoms with E-state index in [1.165, 1.54) is 83.3 Å². The van der Waals surface area contributed by atoms with Crippen LogP contribution in [0.4, 0.5) is 11.4 Å². The molecule has 0 radical (unpaired) electrons. The van der Waals surface area contributed by atoms with Crippen molar-refractivity contribution in [1.82, 2.24) is 0 Å². The molecule has 5 aliphatic carbocycles. The van der Waals surface area contributed by atoms with E-state index in [9.17, 15) is 0 Å². The predicted molar refractivity (Wildman–Crippen MR) is 147 cm³/mol. The van der Waals surface area contributed by atoms with Gasteiger partial charge in [0.15, 0.2) is 0 Å². The van der Waals surface area contributed by atoms with Crippen molar-refractivity contribution in [3.63, 3.8) is 0 Å². The van der Waals surface area contributed by atoms with Crippen molar-refractivity contribution in [2.24, 2.45) is 17.8 Å². The van der Waals surface area contributed by atoms with Gasteiger partial charge in [0.1, 0.15) is 0 Å². The molecule has 4 aromatic rings. The van der Waals surface area contributed by atoms with Gasteiger partial charge in [-0.1, -0.05) is 84.9 Å². The normalized spacial score (nSPS) is 29.6. The average molecular weight is 466 g/mol. The van der Waals surface area contributed by atoms with Crippen LogP contribution in [0.3, 0.4) is 0 Å². The molecule has 0 unspecified atom stereocenters. The zero-order chi connectivity index (χ0) is 23.5. The zero-order valence-corrected chi connectivity index (χ0v) is 20.7. The first-order valence-electron chi connectivity index (χ1n) is 14.0. The van der Waals surface area contributed by atoms with Crippen LogP contribution in [0.5, 0.6) is 0 Å². The van der Waals surface area contributed by atoms with Crippen molar-refractivity contribution in [3.8, 4) is 11.1 Å². The Kier molecular flexibility index (Phi) is 3.69. The minimum absolute atomic E-state index is 0.264. The maximum absolute atomic E-state index is 2.87. The third-order valence-corrected chi connectivity index (χ3v) is 10.5. The molecule has 4 fully saturated rings. The first-order valence-corrected chi connectivity index (χ1v) is 14.0. The van der Waals surface area contributed by atoms with Crippen LogP contribution in [-0.4, -0.2) is 5.54 Å². The lowest BCUT2D eigenvalue weighted by Crippen LogP contribution is -2.60. The van der Waals surface area contributed by atoms with Gasteiger partial charge in [-0.15, -0.1) is 0 Å². The molecule has 36 heavy (non-hydrogen) atoms. The van der Waals surface area contributed by atoms with Crippen LogP contribution in [0, 0.1) is 17.8 Å². The van der Waals surface area contributed by atoms with Crippen LogP contribution >= 0.6 is 0 Å². The van der Waals surface area contributed by atoms with E-state index in [2.05, 4.69) is 102 Å². The van der Waals surface area contributed by atoms with Crippen molar-refractivity contribution < 1.29 is 0 Å². The van der Waals surface area contributed by atoms with E-state index in [1.54, 1.807) is 0 Å². The summed E-state index contributed by atoms with van der Waals surface area (Å²) in [7, 11) is 0. The Morgan fingerprint density at radius 1 is 0.472 bits per heavy atom. The molecule has 1 aliphatic heterocycles. The minimum Gasteiger partial charge on any atom is -0.335 e. The molecule has 10 rings (SSSR count). The molecule has 1 heterocycles. The molecule has 1 nitrogen and oxygen atoms in total. The van der Waals surface area contributed by atoms with Crippen molar-refractivity contribution >= 4 is 11.4 Å². The molecular formula is C35H31N. The molecule has 0 N–H and O–H groups in total. The summed E-state index contributed by atoms with van der Waals surface area (Å²) in [5, 5.41) is 0. The van der Waals surface area contributed by atoms with Crippen LogP contribution in [0.25, 0.3) is 11.1 Å². The Morgan fingerprint density at radius 2 is 0.861 bits per heavy atom. The first kappa shape index (κ1) is 19.8. The van der Waals surface area contributed by atoms with Gasteiger partial charge in [-0.3, -0.25) is 0 Å². The van der Waals surface area contributed by atoms with Crippen LogP contribution in [0.15, 0.2) is 97.1 Å². The number of para-hydroxylation sites is 2. The van der Waals surface area contributed by atoms with Gasteiger partial charge >= 0.3 is 0 Å². The lowest BCUT2D eigenvalue weighted by atomic mass is 9.51. The van der Waals surface area contributed by atoms with Crippen LogP contribution < -0.4 is 4.90 Å². The van der Waals surface area contributed by atoms with E-state index in [1.807, 2.05) is 0 Å². The predicted octanol–water partition coefficient (Wildman–Crippen LogP) is 8.47. The number of hydrogen-bond donors (Lipinski definition) is 0. The Morgan fingerprint density at radius 3 is 1.33 bits per heavy atom. The number of nitrogens with zero attached hydrogens (tertiary/aromatic N) is 1. The molecule has 1 heteroatoms. The molecular weight excluding hydrogens is 434 g/mol. The Balaban J connectivity index is 1.39. The van der Waals surface area contributed by atoms with Crippen molar-refractivity contribution in [3.05, 3.63) is 119 Å². The third-order valence-electron chi connectivity index (χ3n) is 10.5. The highest BCUT2D eigenvalue weighted by Crippen LogP contribution is 2.66. The molecule has 4 aromatic carbocycles. The number of rotatable bonds is 1. The molecule has 1 spiro atoms. The van der Waals surface area contributed by atoms with Crippen molar-refractivity contribution in [2.45, 2.75) is 49.5 Å². The zero-order valence-electron chi connectivity index (χ0n) is 20.7. The highest BCUT2D eigenvalue weighted by Gasteiger charge is 2.58. The maximum Gasteiger partial charge on any atom is 0.0754 e. The van der Waals surface area contributed by atoms with Crippen LogP contribution in [0.1, 0.15) is 60.8 Å². The molecule has 6 aliphatic rings. The van der Waals surface area contributed by atoms with Gasteiger partial charge in [-0.25, -0.2) is 0 Å². The fourth-order valence-corrected chi connectivity index (χ4v) is 9.91. The molecule has 4 saturated carbocycles. The van der Waals surface area contributed by atoms with Crippen LogP contribution in [0.2, 0.25) is 0 Å². The van der Waals surface area contributed by atoms with Gasteiger partial charge in [0.25, 0.3) is 0 Å². The molecule has 0 aromatic heterocycles. The first-order chi connectivity index (χ1) is 17.8. The van der Waals surface area contributed by atoms with Gasteiger partial charge in [-0.05, 0) is 102 Å². The summed E-state index contributed by atoms with van der Waals surface area (Å²) in [6.45, 7) is 0. The topological polar surface area (TPSA) is 3.24 Å². The summed E-state index contributed by atoms with van der Waals surface area (Å²) in [6, 6.07) is 37.2. The largest absolute Gasteiger partial charge is 0.335 e. The summed E-state index contributed by atoms with van der Waals surface area (Å²) in [5.41, 5.74) is 11.5. The maximum atomic E-state index is 2.87. The molecule has 0 atom stereocenters.